The van der Waals surface area contributed by atoms with E-state index in [1.165, 1.54) is 37.6 Å². The van der Waals surface area contributed by atoms with E-state index < -0.39 is 0 Å². The molecule has 2 aromatic heterocycles. The van der Waals surface area contributed by atoms with Crippen molar-refractivity contribution in [2.45, 2.75) is 71.8 Å². The van der Waals surface area contributed by atoms with Crippen LogP contribution in [0.2, 0.25) is 0 Å². The van der Waals surface area contributed by atoms with E-state index in [1.54, 1.807) is 16.8 Å². The van der Waals surface area contributed by atoms with Gasteiger partial charge in [0.1, 0.15) is 11.6 Å². The topological polar surface area (TPSA) is 82.0 Å². The Hall–Kier alpha value is -2.83. The molecule has 0 aliphatic rings. The van der Waals surface area contributed by atoms with Gasteiger partial charge in [0.05, 0.1) is 11.0 Å². The third kappa shape index (κ3) is 6.11. The number of benzene rings is 1. The monoisotopic (exact) mass is 438 g/mol. The van der Waals surface area contributed by atoms with Gasteiger partial charge >= 0.3 is 5.69 Å². The van der Waals surface area contributed by atoms with E-state index in [2.05, 4.69) is 53.5 Å². The Labute approximate surface area is 191 Å². The highest BCUT2D eigenvalue weighted by atomic mass is 16.1. The van der Waals surface area contributed by atoms with Gasteiger partial charge in [0, 0.05) is 45.0 Å². The molecule has 0 spiro atoms. The van der Waals surface area contributed by atoms with Crippen molar-refractivity contribution >= 4 is 22.5 Å². The number of rotatable bonds is 13. The number of aryl methyl sites for hydroxylation is 2. The van der Waals surface area contributed by atoms with Crippen molar-refractivity contribution in [1.82, 2.24) is 19.1 Å². The number of hydrogen-bond acceptors (Lipinski definition) is 5. The van der Waals surface area contributed by atoms with E-state index in [9.17, 15) is 4.79 Å². The molecule has 0 saturated heterocycles. The zero-order chi connectivity index (χ0) is 22.9. The van der Waals surface area contributed by atoms with Gasteiger partial charge in [0.15, 0.2) is 0 Å². The third-order valence-electron chi connectivity index (χ3n) is 6.11. The fraction of sp³-hybridized carbons (Fsp3) is 0.560. The van der Waals surface area contributed by atoms with E-state index in [0.717, 1.165) is 49.4 Å². The minimum atomic E-state index is -0.302. The van der Waals surface area contributed by atoms with Gasteiger partial charge in [-0.25, -0.2) is 9.78 Å². The molecule has 174 valence electrons. The summed E-state index contributed by atoms with van der Waals surface area (Å²) >= 11 is 0. The summed E-state index contributed by atoms with van der Waals surface area (Å²) in [5.74, 6) is 1.42. The predicted octanol–water partition coefficient (Wildman–Crippen LogP) is 4.53. The second-order valence-corrected chi connectivity index (χ2v) is 8.59. The Morgan fingerprint density at radius 1 is 0.969 bits per heavy atom. The Bertz CT molecular complexity index is 1050. The van der Waals surface area contributed by atoms with Crippen LogP contribution in [0.3, 0.4) is 0 Å². The summed E-state index contributed by atoms with van der Waals surface area (Å²) in [6, 6.07) is 8.21. The largest absolute Gasteiger partial charge is 0.383 e. The van der Waals surface area contributed by atoms with Crippen LogP contribution in [0.1, 0.15) is 64.6 Å². The van der Waals surface area contributed by atoms with Crippen LogP contribution in [0.4, 0.5) is 11.5 Å². The number of anilines is 2. The van der Waals surface area contributed by atoms with Crippen LogP contribution in [-0.2, 0) is 20.0 Å². The summed E-state index contributed by atoms with van der Waals surface area (Å²) in [6.45, 7) is 6.68. The Morgan fingerprint density at radius 2 is 1.75 bits per heavy atom. The molecule has 0 radical (unpaired) electrons. The summed E-state index contributed by atoms with van der Waals surface area (Å²) < 4.78 is 3.85. The van der Waals surface area contributed by atoms with Gasteiger partial charge in [-0.05, 0) is 37.1 Å². The van der Waals surface area contributed by atoms with Gasteiger partial charge in [-0.3, -0.25) is 4.57 Å². The van der Waals surface area contributed by atoms with Crippen molar-refractivity contribution in [3.8, 4) is 0 Å². The summed E-state index contributed by atoms with van der Waals surface area (Å²) in [7, 11) is 2.12. The molecule has 7 nitrogen and oxygen atoms in total. The molecule has 2 heterocycles. The molecule has 0 aliphatic carbocycles. The summed E-state index contributed by atoms with van der Waals surface area (Å²) in [5, 5.41) is 0. The second kappa shape index (κ2) is 11.7. The molecule has 0 bridgehead atoms. The van der Waals surface area contributed by atoms with E-state index in [4.69, 9.17) is 10.7 Å². The molecule has 7 heteroatoms. The molecular weight excluding hydrogens is 400 g/mol. The molecule has 32 heavy (non-hydrogen) atoms. The fourth-order valence-electron chi connectivity index (χ4n) is 4.10. The maximum absolute atomic E-state index is 12.1. The van der Waals surface area contributed by atoms with Crippen LogP contribution in [0.5, 0.6) is 0 Å². The lowest BCUT2D eigenvalue weighted by molar-refractivity contribution is 0.612. The molecule has 0 fully saturated rings. The van der Waals surface area contributed by atoms with Crippen molar-refractivity contribution in [1.29, 1.82) is 0 Å². The van der Waals surface area contributed by atoms with E-state index >= 15 is 0 Å². The molecule has 0 amide bonds. The smallest absolute Gasteiger partial charge is 0.349 e. The standard InChI is InChI=1S/C25H38N6O/c1-4-6-8-9-10-11-24-27-21-19-20(12-13-22(21)29(24)3)30(15-7-5-2)17-18-31-16-14-23(26)28-25(31)32/h12-14,16,19H,4-11,15,17-18H2,1-3H3,(H2,26,28,32). The number of unbranched alkanes of at least 4 members (excludes halogenated alkanes) is 5. The highest BCUT2D eigenvalue weighted by Gasteiger charge is 2.12. The first-order valence-electron chi connectivity index (χ1n) is 12.1. The lowest BCUT2D eigenvalue weighted by atomic mass is 10.1. The summed E-state index contributed by atoms with van der Waals surface area (Å²) in [6.07, 6.45) is 11.3. The first kappa shape index (κ1) is 23.8. The number of fused-ring (bicyclic) bond motifs is 1. The minimum Gasteiger partial charge on any atom is -0.383 e. The first-order chi connectivity index (χ1) is 15.5. The molecule has 0 atom stereocenters. The predicted molar refractivity (Wildman–Crippen MR) is 133 cm³/mol. The van der Waals surface area contributed by atoms with Gasteiger partial charge in [0.25, 0.3) is 0 Å². The van der Waals surface area contributed by atoms with Crippen LogP contribution < -0.4 is 16.3 Å². The molecule has 3 rings (SSSR count). The molecule has 2 N–H and O–H groups in total. The van der Waals surface area contributed by atoms with Crippen molar-refractivity contribution in [3.63, 3.8) is 0 Å². The number of imidazole rings is 1. The maximum atomic E-state index is 12.1. The van der Waals surface area contributed by atoms with Crippen LogP contribution in [0, 0.1) is 0 Å². The first-order valence-corrected chi connectivity index (χ1v) is 12.1. The number of nitrogens with zero attached hydrogens (tertiary/aromatic N) is 5. The lowest BCUT2D eigenvalue weighted by Crippen LogP contribution is -2.32. The lowest BCUT2D eigenvalue weighted by Gasteiger charge is -2.25. The van der Waals surface area contributed by atoms with Crippen molar-refractivity contribution in [2.75, 3.05) is 23.7 Å². The Morgan fingerprint density at radius 3 is 2.50 bits per heavy atom. The Kier molecular flexibility index (Phi) is 8.71. The summed E-state index contributed by atoms with van der Waals surface area (Å²) in [5.41, 5.74) is 8.68. The number of hydrogen-bond donors (Lipinski definition) is 1. The van der Waals surface area contributed by atoms with Gasteiger partial charge in [-0.1, -0.05) is 46.0 Å². The zero-order valence-corrected chi connectivity index (χ0v) is 19.9. The zero-order valence-electron chi connectivity index (χ0n) is 19.9. The molecule has 0 saturated carbocycles. The van der Waals surface area contributed by atoms with Crippen LogP contribution >= 0.6 is 0 Å². The van der Waals surface area contributed by atoms with E-state index in [0.29, 0.717) is 6.54 Å². The van der Waals surface area contributed by atoms with Crippen LogP contribution in [-0.4, -0.2) is 32.2 Å². The highest BCUT2D eigenvalue weighted by molar-refractivity contribution is 5.80. The van der Waals surface area contributed by atoms with Crippen molar-refractivity contribution in [2.24, 2.45) is 7.05 Å². The minimum absolute atomic E-state index is 0.260. The molecule has 0 aliphatic heterocycles. The molecular formula is C25H38N6O. The van der Waals surface area contributed by atoms with E-state index in [1.807, 2.05) is 0 Å². The van der Waals surface area contributed by atoms with Crippen LogP contribution in [0.25, 0.3) is 11.0 Å². The number of nitrogens with two attached hydrogens (primary N) is 1. The van der Waals surface area contributed by atoms with Crippen molar-refractivity contribution in [3.05, 3.63) is 46.8 Å². The van der Waals surface area contributed by atoms with Crippen LogP contribution in [0.15, 0.2) is 35.3 Å². The van der Waals surface area contributed by atoms with Gasteiger partial charge in [0.2, 0.25) is 0 Å². The third-order valence-corrected chi connectivity index (χ3v) is 6.11. The van der Waals surface area contributed by atoms with E-state index in [-0.39, 0.29) is 11.5 Å². The maximum Gasteiger partial charge on any atom is 0.349 e. The molecule has 0 unspecified atom stereocenters. The van der Waals surface area contributed by atoms with Gasteiger partial charge in [-0.2, -0.15) is 4.98 Å². The average molecular weight is 439 g/mol. The second-order valence-electron chi connectivity index (χ2n) is 8.59. The van der Waals surface area contributed by atoms with Crippen molar-refractivity contribution < 1.29 is 0 Å². The normalized spacial score (nSPS) is 11.3. The van der Waals surface area contributed by atoms with Gasteiger partial charge < -0.3 is 15.2 Å². The summed E-state index contributed by atoms with van der Waals surface area (Å²) in [4.78, 5) is 23.2. The SMILES string of the molecule is CCCCCCCc1nc2cc(N(CCCC)CCn3ccc(N)nc3=O)ccc2n1C. The highest BCUT2D eigenvalue weighted by Crippen LogP contribution is 2.24. The average Bonchev–Trinajstić information content (AvgIpc) is 3.09. The van der Waals surface area contributed by atoms with Gasteiger partial charge in [-0.15, -0.1) is 0 Å². The number of nitrogen functional groups attached to an aromatic ring is 1. The molecule has 3 aromatic rings. The Balaban J connectivity index is 1.74. The molecule has 1 aromatic carbocycles. The number of aromatic nitrogens is 4. The fourth-order valence-corrected chi connectivity index (χ4v) is 4.10. The quantitative estimate of drug-likeness (QED) is 0.396.